The van der Waals surface area contributed by atoms with Gasteiger partial charge in [-0.15, -0.1) is 0 Å². The van der Waals surface area contributed by atoms with Gasteiger partial charge < -0.3 is 16.0 Å². The van der Waals surface area contributed by atoms with E-state index in [1.807, 2.05) is 0 Å². The van der Waals surface area contributed by atoms with Crippen LogP contribution in [0.4, 0.5) is 18.0 Å². The van der Waals surface area contributed by atoms with Crippen LogP contribution in [0.15, 0.2) is 0 Å². The molecule has 3 amide bonds. The van der Waals surface area contributed by atoms with Crippen molar-refractivity contribution in [1.82, 2.24) is 16.0 Å². The maximum atomic E-state index is 12.5. The largest absolute Gasteiger partial charge is 0.394 e. The summed E-state index contributed by atoms with van der Waals surface area (Å²) < 4.78 is 37.5. The first kappa shape index (κ1) is 17.5. The molecule has 0 saturated carbocycles. The molecule has 0 fully saturated rings. The van der Waals surface area contributed by atoms with Crippen LogP contribution in [0.2, 0.25) is 0 Å². The number of nitrogens with one attached hydrogen (secondary N) is 3. The van der Waals surface area contributed by atoms with Crippen molar-refractivity contribution in [3.05, 3.63) is 0 Å². The molecule has 3 N–H and O–H groups in total. The number of hydrogen-bond acceptors (Lipinski definition) is 2. The number of rotatable bonds is 6. The monoisotopic (exact) mass is 283 g/mol. The molecule has 5 nitrogen and oxygen atoms in total. The third kappa shape index (κ3) is 7.53. The molecular weight excluding hydrogens is 263 g/mol. The van der Waals surface area contributed by atoms with Gasteiger partial charge in [0.15, 0.2) is 0 Å². The Kier molecular flexibility index (Phi) is 6.64. The molecular formula is C11H20F3N3O2. The standard InChI is InChI=1S/C11H20F3N3O2/c1-8(18)15-6-7-17-9(19)16-5-4-10(2,3)11(12,13)14/h4-7H2,1-3H3,(H,15,18)(H2,16,17,19). The number of halogens is 3. The van der Waals surface area contributed by atoms with Crippen LogP contribution in [0, 0.1) is 5.41 Å². The van der Waals surface area contributed by atoms with Gasteiger partial charge in [0.1, 0.15) is 0 Å². The summed E-state index contributed by atoms with van der Waals surface area (Å²) in [5.74, 6) is -0.214. The van der Waals surface area contributed by atoms with Gasteiger partial charge >= 0.3 is 12.2 Å². The lowest BCUT2D eigenvalue weighted by Crippen LogP contribution is -2.42. The Labute approximate surface area is 110 Å². The zero-order chi connectivity index (χ0) is 15.1. The summed E-state index contributed by atoms with van der Waals surface area (Å²) in [6, 6.07) is -0.552. The number of urea groups is 1. The van der Waals surface area contributed by atoms with Crippen LogP contribution < -0.4 is 16.0 Å². The van der Waals surface area contributed by atoms with Crippen LogP contribution in [0.5, 0.6) is 0 Å². The molecule has 0 aliphatic carbocycles. The maximum Gasteiger partial charge on any atom is 0.394 e. The second-order valence-electron chi connectivity index (χ2n) is 4.80. The predicted octanol–water partition coefficient (Wildman–Crippen LogP) is 1.40. The van der Waals surface area contributed by atoms with Crippen molar-refractivity contribution >= 4 is 11.9 Å². The second kappa shape index (κ2) is 7.20. The fourth-order valence-electron chi connectivity index (χ4n) is 1.11. The number of carbonyl (C=O) groups excluding carboxylic acids is 2. The fourth-order valence-corrected chi connectivity index (χ4v) is 1.11. The van der Waals surface area contributed by atoms with Crippen molar-refractivity contribution in [2.24, 2.45) is 5.41 Å². The van der Waals surface area contributed by atoms with Crippen molar-refractivity contribution in [2.45, 2.75) is 33.4 Å². The van der Waals surface area contributed by atoms with Gasteiger partial charge in [-0.05, 0) is 6.42 Å². The van der Waals surface area contributed by atoms with E-state index in [0.717, 1.165) is 13.8 Å². The molecule has 19 heavy (non-hydrogen) atoms. The van der Waals surface area contributed by atoms with Gasteiger partial charge in [0.05, 0.1) is 5.41 Å². The lowest BCUT2D eigenvalue weighted by molar-refractivity contribution is -0.213. The van der Waals surface area contributed by atoms with Crippen molar-refractivity contribution in [1.29, 1.82) is 0 Å². The van der Waals surface area contributed by atoms with Gasteiger partial charge in [0, 0.05) is 26.6 Å². The van der Waals surface area contributed by atoms with Gasteiger partial charge in [-0.1, -0.05) is 13.8 Å². The average Bonchev–Trinajstić information content (AvgIpc) is 2.22. The molecule has 0 heterocycles. The smallest absolute Gasteiger partial charge is 0.355 e. The van der Waals surface area contributed by atoms with Crippen LogP contribution in [0.1, 0.15) is 27.2 Å². The summed E-state index contributed by atoms with van der Waals surface area (Å²) in [6.07, 6.45) is -4.49. The summed E-state index contributed by atoms with van der Waals surface area (Å²) in [6.45, 7) is 3.94. The topological polar surface area (TPSA) is 70.2 Å². The first-order chi connectivity index (χ1) is 8.56. The second-order valence-corrected chi connectivity index (χ2v) is 4.80. The lowest BCUT2D eigenvalue weighted by atomic mass is 9.89. The highest BCUT2D eigenvalue weighted by Gasteiger charge is 2.46. The van der Waals surface area contributed by atoms with Gasteiger partial charge in [-0.2, -0.15) is 13.2 Å². The molecule has 0 radical (unpaired) electrons. The van der Waals surface area contributed by atoms with Gasteiger partial charge in [-0.25, -0.2) is 4.79 Å². The molecule has 0 atom stereocenters. The average molecular weight is 283 g/mol. The van der Waals surface area contributed by atoms with E-state index in [2.05, 4.69) is 16.0 Å². The Morgan fingerprint density at radius 1 is 0.947 bits per heavy atom. The molecule has 0 aliphatic rings. The Morgan fingerprint density at radius 2 is 1.42 bits per heavy atom. The summed E-state index contributed by atoms with van der Waals surface area (Å²) in [5.41, 5.74) is -1.84. The Hall–Kier alpha value is -1.47. The van der Waals surface area contributed by atoms with Crippen molar-refractivity contribution in [3.63, 3.8) is 0 Å². The molecule has 0 aromatic rings. The number of carbonyl (C=O) groups is 2. The Balaban J connectivity index is 3.78. The van der Waals surface area contributed by atoms with Crippen LogP contribution in [-0.4, -0.2) is 37.7 Å². The maximum absolute atomic E-state index is 12.5. The molecule has 0 bridgehead atoms. The number of amides is 3. The summed E-state index contributed by atoms with van der Waals surface area (Å²) in [4.78, 5) is 21.7. The van der Waals surface area contributed by atoms with E-state index in [1.54, 1.807) is 0 Å². The summed E-state index contributed by atoms with van der Waals surface area (Å²) in [5, 5.41) is 7.22. The first-order valence-electron chi connectivity index (χ1n) is 5.89. The van der Waals surface area contributed by atoms with E-state index in [0.29, 0.717) is 0 Å². The molecule has 0 aliphatic heterocycles. The molecule has 0 aromatic heterocycles. The van der Waals surface area contributed by atoms with E-state index in [4.69, 9.17) is 0 Å². The Morgan fingerprint density at radius 3 is 1.89 bits per heavy atom. The minimum absolute atomic E-state index is 0.0710. The molecule has 0 aromatic carbocycles. The first-order valence-corrected chi connectivity index (χ1v) is 5.89. The van der Waals surface area contributed by atoms with E-state index in [-0.39, 0.29) is 32.0 Å². The molecule has 8 heteroatoms. The van der Waals surface area contributed by atoms with E-state index in [9.17, 15) is 22.8 Å². The molecule has 0 unspecified atom stereocenters. The third-order valence-electron chi connectivity index (χ3n) is 2.59. The van der Waals surface area contributed by atoms with Crippen LogP contribution in [0.3, 0.4) is 0 Å². The minimum atomic E-state index is -4.30. The van der Waals surface area contributed by atoms with Crippen molar-refractivity contribution in [3.8, 4) is 0 Å². The highest BCUT2D eigenvalue weighted by molar-refractivity contribution is 5.74. The van der Waals surface area contributed by atoms with Crippen molar-refractivity contribution in [2.75, 3.05) is 19.6 Å². The summed E-state index contributed by atoms with van der Waals surface area (Å²) in [7, 11) is 0. The zero-order valence-electron chi connectivity index (χ0n) is 11.3. The van der Waals surface area contributed by atoms with Gasteiger partial charge in [-0.3, -0.25) is 4.79 Å². The van der Waals surface area contributed by atoms with Crippen LogP contribution in [0.25, 0.3) is 0 Å². The highest BCUT2D eigenvalue weighted by atomic mass is 19.4. The van der Waals surface area contributed by atoms with E-state index >= 15 is 0 Å². The molecule has 0 spiro atoms. The van der Waals surface area contributed by atoms with Crippen molar-refractivity contribution < 1.29 is 22.8 Å². The number of hydrogen-bond donors (Lipinski definition) is 3. The third-order valence-corrected chi connectivity index (χ3v) is 2.59. The SMILES string of the molecule is CC(=O)NCCNC(=O)NCCC(C)(C)C(F)(F)F. The summed E-state index contributed by atoms with van der Waals surface area (Å²) >= 11 is 0. The Bertz CT molecular complexity index is 317. The van der Waals surface area contributed by atoms with Crippen LogP contribution in [-0.2, 0) is 4.79 Å². The number of alkyl halides is 3. The van der Waals surface area contributed by atoms with Gasteiger partial charge in [0.2, 0.25) is 5.91 Å². The predicted molar refractivity (Wildman–Crippen MR) is 64.5 cm³/mol. The normalized spacial score (nSPS) is 11.9. The zero-order valence-corrected chi connectivity index (χ0v) is 11.3. The minimum Gasteiger partial charge on any atom is -0.355 e. The lowest BCUT2D eigenvalue weighted by Gasteiger charge is -2.27. The molecule has 112 valence electrons. The van der Waals surface area contributed by atoms with Gasteiger partial charge in [0.25, 0.3) is 0 Å². The van der Waals surface area contributed by atoms with E-state index in [1.165, 1.54) is 6.92 Å². The van der Waals surface area contributed by atoms with Crippen LogP contribution >= 0.6 is 0 Å². The highest BCUT2D eigenvalue weighted by Crippen LogP contribution is 2.39. The fraction of sp³-hybridized carbons (Fsp3) is 0.818. The van der Waals surface area contributed by atoms with E-state index < -0.39 is 17.6 Å². The molecule has 0 rings (SSSR count). The quantitative estimate of drug-likeness (QED) is 0.645. The molecule has 0 saturated heterocycles.